The van der Waals surface area contributed by atoms with Crippen LogP contribution in [0.1, 0.15) is 56.7 Å². The highest BCUT2D eigenvalue weighted by atomic mass is 16.5. The summed E-state index contributed by atoms with van der Waals surface area (Å²) in [6, 6.07) is 9.63. The molecule has 1 fully saturated rings. The highest BCUT2D eigenvalue weighted by molar-refractivity contribution is 5.87. The Morgan fingerprint density at radius 1 is 1.16 bits per heavy atom. The van der Waals surface area contributed by atoms with Gasteiger partial charge in [-0.2, -0.15) is 15.2 Å². The van der Waals surface area contributed by atoms with Crippen molar-refractivity contribution in [2.45, 2.75) is 69.9 Å². The Balaban J connectivity index is 1.37. The van der Waals surface area contributed by atoms with Crippen LogP contribution in [0.4, 0.5) is 11.6 Å². The third-order valence-electron chi connectivity index (χ3n) is 8.39. The Morgan fingerprint density at radius 3 is 2.57 bits per heavy atom. The number of benzene rings is 1. The van der Waals surface area contributed by atoms with E-state index in [-0.39, 0.29) is 37.1 Å². The molecule has 4 heterocycles. The largest absolute Gasteiger partial charge is 0.464 e. The third-order valence-corrected chi connectivity index (χ3v) is 8.39. The molecule has 0 spiro atoms. The maximum absolute atomic E-state index is 13.7. The van der Waals surface area contributed by atoms with Crippen molar-refractivity contribution in [1.82, 2.24) is 19.4 Å². The number of nitrogens with zero attached hydrogens (tertiary/aromatic N) is 8. The SMILES string of the molecule is [C-]#[N+]c1ccc2c(n1)c(N1C[C@@H](C)N(C(C(=O)OCCCC3(CCC#C)N=N3)c3ccc(CO)cc3)C[C@@H]1C)nc(=O)n2C. The van der Waals surface area contributed by atoms with E-state index in [1.807, 2.05) is 43.0 Å². The fraction of sp³-hybridized carbons (Fsp3) is 0.469. The van der Waals surface area contributed by atoms with Gasteiger partial charge < -0.3 is 19.6 Å². The number of terminal acetylenes is 1. The summed E-state index contributed by atoms with van der Waals surface area (Å²) < 4.78 is 7.27. The number of aromatic nitrogens is 3. The van der Waals surface area contributed by atoms with E-state index >= 15 is 0 Å². The van der Waals surface area contributed by atoms with Crippen LogP contribution in [0.25, 0.3) is 15.9 Å². The first kappa shape index (κ1) is 30.8. The number of anilines is 1. The Morgan fingerprint density at radius 2 is 1.91 bits per heavy atom. The van der Waals surface area contributed by atoms with Gasteiger partial charge in [-0.25, -0.2) is 9.59 Å². The van der Waals surface area contributed by atoms with E-state index in [2.05, 4.69) is 35.9 Å². The second-order valence-electron chi connectivity index (χ2n) is 11.4. The number of hydrogen-bond donors (Lipinski definition) is 1. The normalized spacial score (nSPS) is 19.7. The zero-order valence-corrected chi connectivity index (χ0v) is 25.2. The minimum absolute atomic E-state index is 0.0974. The zero-order chi connectivity index (χ0) is 31.4. The minimum atomic E-state index is -0.687. The molecule has 2 aliphatic rings. The molecule has 0 bridgehead atoms. The number of aryl methyl sites for hydroxylation is 1. The smallest absolute Gasteiger partial charge is 0.350 e. The lowest BCUT2D eigenvalue weighted by atomic mass is 9.98. The molecular weight excluding hydrogens is 560 g/mol. The number of ether oxygens (including phenoxy) is 1. The van der Waals surface area contributed by atoms with Gasteiger partial charge in [-0.3, -0.25) is 9.47 Å². The molecule has 0 saturated carbocycles. The fourth-order valence-electron chi connectivity index (χ4n) is 5.81. The zero-order valence-electron chi connectivity index (χ0n) is 25.2. The van der Waals surface area contributed by atoms with Gasteiger partial charge in [0, 0.05) is 45.1 Å². The Labute approximate surface area is 256 Å². The number of aliphatic hydroxyl groups excluding tert-OH is 1. The summed E-state index contributed by atoms with van der Waals surface area (Å²) >= 11 is 0. The summed E-state index contributed by atoms with van der Waals surface area (Å²) in [6.45, 7) is 12.5. The van der Waals surface area contributed by atoms with Crippen LogP contribution in [0.5, 0.6) is 0 Å². The molecule has 2 aliphatic heterocycles. The molecule has 3 aromatic rings. The van der Waals surface area contributed by atoms with Crippen molar-refractivity contribution in [2.75, 3.05) is 24.6 Å². The van der Waals surface area contributed by atoms with E-state index in [0.29, 0.717) is 55.6 Å². The topological polar surface area (TPSA) is 130 Å². The number of hydrogen-bond acceptors (Lipinski definition) is 10. The molecule has 1 aromatic carbocycles. The Hall–Kier alpha value is -4.65. The average Bonchev–Trinajstić information content (AvgIpc) is 3.81. The van der Waals surface area contributed by atoms with Gasteiger partial charge in [-0.1, -0.05) is 30.8 Å². The van der Waals surface area contributed by atoms with E-state index in [0.717, 1.165) is 11.1 Å². The molecule has 1 saturated heterocycles. The van der Waals surface area contributed by atoms with Gasteiger partial charge in [-0.05, 0) is 49.9 Å². The summed E-state index contributed by atoms with van der Waals surface area (Å²) in [5, 5.41) is 17.9. The first-order valence-corrected chi connectivity index (χ1v) is 14.7. The van der Waals surface area contributed by atoms with Crippen molar-refractivity contribution >= 4 is 28.6 Å². The summed E-state index contributed by atoms with van der Waals surface area (Å²) in [4.78, 5) is 43.0. The van der Waals surface area contributed by atoms with Crippen LogP contribution in [0, 0.1) is 18.9 Å². The molecule has 12 heteroatoms. The van der Waals surface area contributed by atoms with E-state index < -0.39 is 17.4 Å². The molecule has 1 N–H and O–H groups in total. The first-order chi connectivity index (χ1) is 21.2. The van der Waals surface area contributed by atoms with Gasteiger partial charge in [0.05, 0.1) is 18.7 Å². The van der Waals surface area contributed by atoms with Crippen molar-refractivity contribution in [1.29, 1.82) is 0 Å². The predicted molar refractivity (Wildman–Crippen MR) is 165 cm³/mol. The summed E-state index contributed by atoms with van der Waals surface area (Å²) in [5.41, 5.74) is 1.74. The molecule has 12 nitrogen and oxygen atoms in total. The van der Waals surface area contributed by atoms with Crippen molar-refractivity contribution in [3.63, 3.8) is 0 Å². The number of rotatable bonds is 11. The lowest BCUT2D eigenvalue weighted by Gasteiger charge is -2.47. The lowest BCUT2D eigenvalue weighted by Crippen LogP contribution is -2.59. The van der Waals surface area contributed by atoms with Gasteiger partial charge in [0.15, 0.2) is 11.5 Å². The quantitative estimate of drug-likeness (QED) is 0.153. The van der Waals surface area contributed by atoms with Crippen LogP contribution in [0.3, 0.4) is 0 Å². The molecular formula is C32H36N8O4. The molecule has 44 heavy (non-hydrogen) atoms. The summed E-state index contributed by atoms with van der Waals surface area (Å²) in [7, 11) is 1.63. The molecule has 0 radical (unpaired) electrons. The maximum Gasteiger partial charge on any atom is 0.350 e. The number of fused-ring (bicyclic) bond motifs is 1. The third kappa shape index (κ3) is 6.32. The fourth-order valence-corrected chi connectivity index (χ4v) is 5.81. The lowest BCUT2D eigenvalue weighted by molar-refractivity contribution is -0.152. The number of pyridine rings is 1. The highest BCUT2D eigenvalue weighted by Crippen LogP contribution is 2.38. The van der Waals surface area contributed by atoms with E-state index in [1.54, 1.807) is 19.2 Å². The Kier molecular flexibility index (Phi) is 9.04. The van der Waals surface area contributed by atoms with Crippen LogP contribution in [-0.2, 0) is 23.2 Å². The van der Waals surface area contributed by atoms with Gasteiger partial charge in [-0.15, -0.1) is 17.3 Å². The number of piperazine rings is 1. The maximum atomic E-state index is 13.7. The van der Waals surface area contributed by atoms with Crippen molar-refractivity contribution < 1.29 is 14.6 Å². The van der Waals surface area contributed by atoms with Crippen molar-refractivity contribution in [3.05, 3.63) is 69.4 Å². The van der Waals surface area contributed by atoms with Crippen LogP contribution >= 0.6 is 0 Å². The minimum Gasteiger partial charge on any atom is -0.464 e. The number of carbonyl (C=O) groups excluding carboxylic acids is 1. The van der Waals surface area contributed by atoms with Gasteiger partial charge in [0.1, 0.15) is 6.04 Å². The van der Waals surface area contributed by atoms with E-state index in [4.69, 9.17) is 17.7 Å². The van der Waals surface area contributed by atoms with Crippen LogP contribution < -0.4 is 10.6 Å². The van der Waals surface area contributed by atoms with Crippen LogP contribution in [-0.4, -0.2) is 68.0 Å². The summed E-state index contributed by atoms with van der Waals surface area (Å²) in [6.07, 6.45) is 7.97. The van der Waals surface area contributed by atoms with Gasteiger partial charge >= 0.3 is 11.7 Å². The van der Waals surface area contributed by atoms with Crippen LogP contribution in [0.2, 0.25) is 0 Å². The standard InChI is InChI=1S/C32H36N8O4/c1-6-7-15-32(36-37-32)16-8-17-44-30(42)28(24-11-9-23(20-41)10-12-24)39-18-22(3)40(19-21(39)2)29-27-25(38(5)31(43)35-29)13-14-26(33-4)34-27/h1,9-14,21-22,28,41H,7-8,15-20H2,2-3,5H3/t21-,22+,28?/m1/s1. The van der Waals surface area contributed by atoms with Crippen LogP contribution in [0.15, 0.2) is 51.4 Å². The monoisotopic (exact) mass is 596 g/mol. The molecule has 228 valence electrons. The molecule has 0 amide bonds. The molecule has 3 atom stereocenters. The second kappa shape index (κ2) is 12.9. The van der Waals surface area contributed by atoms with Gasteiger partial charge in [0.25, 0.3) is 5.82 Å². The highest BCUT2D eigenvalue weighted by Gasteiger charge is 2.41. The number of carbonyl (C=O) groups is 1. The molecule has 5 rings (SSSR count). The van der Waals surface area contributed by atoms with Crippen molar-refractivity contribution in [3.8, 4) is 12.3 Å². The average molecular weight is 597 g/mol. The predicted octanol–water partition coefficient (Wildman–Crippen LogP) is 3.91. The number of aliphatic hydroxyl groups is 1. The van der Waals surface area contributed by atoms with E-state index in [1.165, 1.54) is 4.57 Å². The number of esters is 1. The Bertz CT molecular complexity index is 1700. The van der Waals surface area contributed by atoms with E-state index in [9.17, 15) is 14.7 Å². The summed E-state index contributed by atoms with van der Waals surface area (Å²) in [5.74, 6) is 2.91. The molecule has 1 unspecified atom stereocenters. The van der Waals surface area contributed by atoms with Crippen molar-refractivity contribution in [2.24, 2.45) is 17.3 Å². The molecule has 0 aliphatic carbocycles. The second-order valence-corrected chi connectivity index (χ2v) is 11.4. The van der Waals surface area contributed by atoms with Gasteiger partial charge in [0.2, 0.25) is 5.52 Å². The first-order valence-electron chi connectivity index (χ1n) is 14.7. The molecule has 2 aromatic heterocycles.